The van der Waals surface area contributed by atoms with Crippen molar-refractivity contribution < 1.29 is 33.7 Å². The molecule has 0 aliphatic carbocycles. The summed E-state index contributed by atoms with van der Waals surface area (Å²) in [6, 6.07) is -0.890. The van der Waals surface area contributed by atoms with Crippen LogP contribution in [-0.2, 0) is 28.6 Å². The van der Waals surface area contributed by atoms with Gasteiger partial charge in [0.05, 0.1) is 6.10 Å². The number of carbonyl (C=O) groups excluding carboxylic acids is 3. The quantitative estimate of drug-likeness (QED) is 0.647. The molecule has 0 radical (unpaired) electrons. The highest BCUT2D eigenvalue weighted by atomic mass is 16.7. The summed E-state index contributed by atoms with van der Waals surface area (Å²) >= 11 is 0. The van der Waals surface area contributed by atoms with Gasteiger partial charge in [0, 0.05) is 20.8 Å². The molecular formula is C12H19NO7. The molecule has 0 aromatic heterocycles. The van der Waals surface area contributed by atoms with Crippen molar-refractivity contribution in [3.63, 3.8) is 0 Å². The van der Waals surface area contributed by atoms with Crippen LogP contribution in [0.5, 0.6) is 0 Å². The average molecular weight is 289 g/mol. The molecule has 0 bridgehead atoms. The Bertz CT molecular complexity index is 369. The van der Waals surface area contributed by atoms with Crippen molar-refractivity contribution in [3.8, 4) is 0 Å². The fraction of sp³-hybridized carbons (Fsp3) is 0.750. The number of aliphatic hydroxyl groups excluding tert-OH is 1. The van der Waals surface area contributed by atoms with Crippen LogP contribution < -0.4 is 5.32 Å². The summed E-state index contributed by atoms with van der Waals surface area (Å²) in [5, 5.41) is 12.4. The fourth-order valence-corrected chi connectivity index (χ4v) is 2.11. The molecule has 8 nitrogen and oxygen atoms in total. The average Bonchev–Trinajstić information content (AvgIpc) is 2.27. The van der Waals surface area contributed by atoms with Crippen molar-refractivity contribution in [2.24, 2.45) is 0 Å². The Morgan fingerprint density at radius 2 is 1.55 bits per heavy atom. The third-order valence-corrected chi connectivity index (χ3v) is 2.78. The lowest BCUT2D eigenvalue weighted by molar-refractivity contribution is -0.261. The third kappa shape index (κ3) is 4.17. The molecule has 1 saturated heterocycles. The molecule has 5 atom stereocenters. The van der Waals surface area contributed by atoms with Crippen LogP contribution in [0.1, 0.15) is 27.7 Å². The molecule has 1 amide bonds. The lowest BCUT2D eigenvalue weighted by Crippen LogP contribution is -2.65. The molecule has 1 fully saturated rings. The molecule has 0 saturated carbocycles. The highest BCUT2D eigenvalue weighted by molar-refractivity contribution is 5.74. The minimum absolute atomic E-state index is 0.411. The molecule has 0 unspecified atom stereocenters. The van der Waals surface area contributed by atoms with E-state index in [0.717, 1.165) is 6.92 Å². The van der Waals surface area contributed by atoms with Crippen LogP contribution in [0.3, 0.4) is 0 Å². The molecule has 0 spiro atoms. The largest absolute Gasteiger partial charge is 0.457 e. The first kappa shape index (κ1) is 16.4. The number of hydrogen-bond acceptors (Lipinski definition) is 7. The van der Waals surface area contributed by atoms with E-state index in [2.05, 4.69) is 5.32 Å². The normalized spacial score (nSPS) is 33.1. The minimum Gasteiger partial charge on any atom is -0.457 e. The standard InChI is InChI=1S/C12H19NO7/c1-5-10(19-7(3)15)9(13-6(2)14)11(12(17)18-5)20-8(4)16/h5,9-12,17H,1-4H3,(H,13,14)/t5-,9+,10+,11+,12+/m0/s1. The maximum absolute atomic E-state index is 11.3. The second-order valence-corrected chi connectivity index (χ2v) is 4.61. The van der Waals surface area contributed by atoms with E-state index in [0.29, 0.717) is 0 Å². The van der Waals surface area contributed by atoms with Crippen LogP contribution in [-0.4, -0.2) is 53.6 Å². The molecule has 8 heteroatoms. The van der Waals surface area contributed by atoms with Crippen molar-refractivity contribution >= 4 is 17.8 Å². The summed E-state index contributed by atoms with van der Waals surface area (Å²) in [5.74, 6) is -1.63. The molecule has 1 aliphatic rings. The van der Waals surface area contributed by atoms with Crippen LogP contribution >= 0.6 is 0 Å². The van der Waals surface area contributed by atoms with Gasteiger partial charge in [0.15, 0.2) is 18.5 Å². The van der Waals surface area contributed by atoms with Crippen LogP contribution in [0, 0.1) is 0 Å². The van der Waals surface area contributed by atoms with Crippen LogP contribution in [0.4, 0.5) is 0 Å². The smallest absolute Gasteiger partial charge is 0.303 e. The number of aliphatic hydroxyl groups is 1. The van der Waals surface area contributed by atoms with E-state index in [1.54, 1.807) is 6.92 Å². The second kappa shape index (κ2) is 6.67. The number of amides is 1. The maximum Gasteiger partial charge on any atom is 0.303 e. The number of ether oxygens (including phenoxy) is 3. The molecule has 0 aromatic rings. The first-order valence-corrected chi connectivity index (χ1v) is 6.17. The third-order valence-electron chi connectivity index (χ3n) is 2.78. The van der Waals surface area contributed by atoms with Crippen molar-refractivity contribution in [3.05, 3.63) is 0 Å². The molecule has 1 heterocycles. The SMILES string of the molecule is CC(=O)N[C@H]1[C@@H](OC(C)=O)[C@H](O)O[C@@H](C)[C@H]1OC(C)=O. The number of esters is 2. The summed E-state index contributed by atoms with van der Waals surface area (Å²) in [4.78, 5) is 33.5. The van der Waals surface area contributed by atoms with Crippen molar-refractivity contribution in [2.45, 2.75) is 58.3 Å². The van der Waals surface area contributed by atoms with Gasteiger partial charge in [0.2, 0.25) is 5.91 Å². The molecule has 114 valence electrons. The van der Waals surface area contributed by atoms with E-state index < -0.39 is 48.5 Å². The van der Waals surface area contributed by atoms with Gasteiger partial charge in [0.1, 0.15) is 6.04 Å². The van der Waals surface area contributed by atoms with Gasteiger partial charge in [-0.3, -0.25) is 14.4 Å². The number of carbonyl (C=O) groups is 3. The zero-order valence-electron chi connectivity index (χ0n) is 11.8. The van der Waals surface area contributed by atoms with E-state index in [9.17, 15) is 19.5 Å². The monoisotopic (exact) mass is 289 g/mol. The van der Waals surface area contributed by atoms with Gasteiger partial charge in [-0.05, 0) is 6.92 Å². The van der Waals surface area contributed by atoms with E-state index in [1.165, 1.54) is 13.8 Å². The predicted molar refractivity (Wildman–Crippen MR) is 65.3 cm³/mol. The van der Waals surface area contributed by atoms with Gasteiger partial charge in [-0.2, -0.15) is 0 Å². The first-order chi connectivity index (χ1) is 9.22. The Kier molecular flexibility index (Phi) is 5.46. The van der Waals surface area contributed by atoms with Gasteiger partial charge >= 0.3 is 11.9 Å². The molecule has 2 N–H and O–H groups in total. The van der Waals surface area contributed by atoms with Crippen molar-refractivity contribution in [2.75, 3.05) is 0 Å². The van der Waals surface area contributed by atoms with Crippen molar-refractivity contribution in [1.29, 1.82) is 0 Å². The van der Waals surface area contributed by atoms with Crippen molar-refractivity contribution in [1.82, 2.24) is 5.32 Å². The molecule has 0 aromatic carbocycles. The Morgan fingerprint density at radius 3 is 2.00 bits per heavy atom. The zero-order valence-corrected chi connectivity index (χ0v) is 11.8. The minimum atomic E-state index is -1.42. The van der Waals surface area contributed by atoms with Crippen LogP contribution in [0.2, 0.25) is 0 Å². The molecule has 20 heavy (non-hydrogen) atoms. The fourth-order valence-electron chi connectivity index (χ4n) is 2.11. The summed E-state index contributed by atoms with van der Waals surface area (Å²) in [5.41, 5.74) is 0. The number of hydrogen-bond donors (Lipinski definition) is 2. The maximum atomic E-state index is 11.3. The summed E-state index contributed by atoms with van der Waals surface area (Å²) < 4.78 is 15.2. The lowest BCUT2D eigenvalue weighted by atomic mass is 9.96. The second-order valence-electron chi connectivity index (χ2n) is 4.61. The Balaban J connectivity index is 3.01. The van der Waals surface area contributed by atoms with Crippen LogP contribution in [0.25, 0.3) is 0 Å². The molecular weight excluding hydrogens is 270 g/mol. The van der Waals surface area contributed by atoms with Gasteiger partial charge in [0.25, 0.3) is 0 Å². The topological polar surface area (TPSA) is 111 Å². The summed E-state index contributed by atoms with van der Waals surface area (Å²) in [7, 11) is 0. The van der Waals surface area contributed by atoms with E-state index >= 15 is 0 Å². The number of rotatable bonds is 3. The first-order valence-electron chi connectivity index (χ1n) is 6.17. The van der Waals surface area contributed by atoms with Gasteiger partial charge < -0.3 is 24.6 Å². The zero-order chi connectivity index (χ0) is 15.4. The van der Waals surface area contributed by atoms with E-state index in [4.69, 9.17) is 14.2 Å². The van der Waals surface area contributed by atoms with Gasteiger partial charge in [-0.15, -0.1) is 0 Å². The Morgan fingerprint density at radius 1 is 1.05 bits per heavy atom. The van der Waals surface area contributed by atoms with Gasteiger partial charge in [-0.25, -0.2) is 0 Å². The molecule has 1 rings (SSSR count). The Hall–Kier alpha value is -1.67. The summed E-state index contributed by atoms with van der Waals surface area (Å²) in [6.45, 7) is 5.22. The highest BCUT2D eigenvalue weighted by Crippen LogP contribution is 2.25. The predicted octanol–water partition coefficient (Wildman–Crippen LogP) is -0.908. The highest BCUT2D eigenvalue weighted by Gasteiger charge is 2.48. The molecule has 1 aliphatic heterocycles. The van der Waals surface area contributed by atoms with E-state index in [-0.39, 0.29) is 0 Å². The Labute approximate surface area is 116 Å². The van der Waals surface area contributed by atoms with Crippen LogP contribution in [0.15, 0.2) is 0 Å². The van der Waals surface area contributed by atoms with Gasteiger partial charge in [-0.1, -0.05) is 0 Å². The number of nitrogens with one attached hydrogen (secondary N) is 1. The van der Waals surface area contributed by atoms with E-state index in [1.807, 2.05) is 0 Å². The summed E-state index contributed by atoms with van der Waals surface area (Å²) in [6.07, 6.45) is -4.11. The lowest BCUT2D eigenvalue weighted by Gasteiger charge is -2.42.